The van der Waals surface area contributed by atoms with E-state index in [2.05, 4.69) is 47.3 Å². The zero-order valence-electron chi connectivity index (χ0n) is 21.9. The maximum Gasteiger partial charge on any atom is 0.229 e. The molecule has 6 rings (SSSR count). The van der Waals surface area contributed by atoms with Gasteiger partial charge in [0.15, 0.2) is 17.2 Å². The molecule has 5 aromatic rings. The summed E-state index contributed by atoms with van der Waals surface area (Å²) in [5.41, 5.74) is 6.35. The van der Waals surface area contributed by atoms with Crippen LogP contribution in [0.5, 0.6) is 0 Å². The van der Waals surface area contributed by atoms with Crippen LogP contribution in [0.2, 0.25) is 0 Å². The highest BCUT2D eigenvalue weighted by molar-refractivity contribution is 5.95. The first-order valence-corrected chi connectivity index (χ1v) is 12.7. The minimum Gasteiger partial charge on any atom is -0.367 e. The summed E-state index contributed by atoms with van der Waals surface area (Å²) in [7, 11) is 2.14. The van der Waals surface area contributed by atoms with Gasteiger partial charge in [-0.1, -0.05) is 20.8 Å². The van der Waals surface area contributed by atoms with Gasteiger partial charge in [0, 0.05) is 49.6 Å². The SMILES string of the molecule is CN1CCN(c2ccnc3nc(-c4n[nH]c5ccc(-c6cncc(NC(=O)C(C)(C)C)c6)nc45)[nH]c23)CC1. The second-order valence-corrected chi connectivity index (χ2v) is 10.7. The third kappa shape index (κ3) is 4.45. The van der Waals surface area contributed by atoms with Gasteiger partial charge < -0.3 is 20.1 Å². The number of rotatable bonds is 4. The Balaban J connectivity index is 1.35. The number of H-pyrrole nitrogens is 2. The summed E-state index contributed by atoms with van der Waals surface area (Å²) in [4.78, 5) is 39.1. The van der Waals surface area contributed by atoms with Crippen LogP contribution < -0.4 is 10.2 Å². The lowest BCUT2D eigenvalue weighted by Gasteiger charge is -2.34. The van der Waals surface area contributed by atoms with E-state index in [-0.39, 0.29) is 5.91 Å². The van der Waals surface area contributed by atoms with Crippen LogP contribution in [0.4, 0.5) is 11.4 Å². The predicted octanol–water partition coefficient (Wildman–Crippen LogP) is 3.69. The smallest absolute Gasteiger partial charge is 0.229 e. The molecule has 1 fully saturated rings. The second-order valence-electron chi connectivity index (χ2n) is 10.7. The number of hydrogen-bond acceptors (Lipinski definition) is 8. The highest BCUT2D eigenvalue weighted by Crippen LogP contribution is 2.31. The molecule has 1 aliphatic heterocycles. The number of piperazine rings is 1. The van der Waals surface area contributed by atoms with E-state index in [4.69, 9.17) is 9.97 Å². The van der Waals surface area contributed by atoms with Gasteiger partial charge in [-0.2, -0.15) is 5.10 Å². The largest absolute Gasteiger partial charge is 0.367 e. The summed E-state index contributed by atoms with van der Waals surface area (Å²) >= 11 is 0. The number of imidazole rings is 1. The molecule has 0 atom stereocenters. The molecule has 0 aromatic carbocycles. The number of aromatic amines is 2. The monoisotopic (exact) mass is 510 g/mol. The van der Waals surface area contributed by atoms with E-state index in [1.165, 1.54) is 0 Å². The summed E-state index contributed by atoms with van der Waals surface area (Å²) in [5.74, 6) is 0.528. The van der Waals surface area contributed by atoms with E-state index < -0.39 is 5.41 Å². The van der Waals surface area contributed by atoms with Crippen molar-refractivity contribution >= 4 is 39.5 Å². The average molecular weight is 511 g/mol. The topological polar surface area (TPSA) is 132 Å². The fourth-order valence-electron chi connectivity index (χ4n) is 4.51. The predicted molar refractivity (Wildman–Crippen MR) is 148 cm³/mol. The van der Waals surface area contributed by atoms with Gasteiger partial charge in [-0.15, -0.1) is 0 Å². The van der Waals surface area contributed by atoms with Gasteiger partial charge in [0.1, 0.15) is 11.0 Å². The average Bonchev–Trinajstić information content (AvgIpc) is 3.52. The van der Waals surface area contributed by atoms with Crippen LogP contribution in [-0.2, 0) is 4.79 Å². The number of nitrogens with zero attached hydrogens (tertiary/aromatic N) is 7. The number of carbonyl (C=O) groups excluding carboxylic acids is 1. The Labute approximate surface area is 219 Å². The molecule has 0 radical (unpaired) electrons. The van der Waals surface area contributed by atoms with E-state index in [0.717, 1.165) is 48.5 Å². The molecule has 0 aliphatic carbocycles. The maximum atomic E-state index is 12.4. The van der Waals surface area contributed by atoms with Gasteiger partial charge in [0.2, 0.25) is 5.91 Å². The fourth-order valence-corrected chi connectivity index (χ4v) is 4.51. The summed E-state index contributed by atoms with van der Waals surface area (Å²) in [5, 5.41) is 10.5. The molecule has 0 bridgehead atoms. The van der Waals surface area contributed by atoms with Gasteiger partial charge in [-0.25, -0.2) is 15.0 Å². The molecule has 38 heavy (non-hydrogen) atoms. The quantitative estimate of drug-likeness (QED) is 0.334. The van der Waals surface area contributed by atoms with Gasteiger partial charge >= 0.3 is 0 Å². The van der Waals surface area contributed by atoms with Crippen molar-refractivity contribution in [1.82, 2.24) is 40.0 Å². The molecule has 1 aliphatic rings. The van der Waals surface area contributed by atoms with Gasteiger partial charge in [-0.05, 0) is 31.3 Å². The lowest BCUT2D eigenvalue weighted by Crippen LogP contribution is -2.44. The number of pyridine rings is 3. The molecule has 3 N–H and O–H groups in total. The summed E-state index contributed by atoms with van der Waals surface area (Å²) in [6, 6.07) is 7.75. The van der Waals surface area contributed by atoms with Gasteiger partial charge in [0.05, 0.1) is 28.8 Å². The third-order valence-corrected chi connectivity index (χ3v) is 6.82. The van der Waals surface area contributed by atoms with E-state index in [9.17, 15) is 4.79 Å². The minimum atomic E-state index is -0.509. The molecule has 5 aromatic heterocycles. The van der Waals surface area contributed by atoms with Crippen molar-refractivity contribution in [3.63, 3.8) is 0 Å². The fraction of sp³-hybridized carbons (Fsp3) is 0.333. The van der Waals surface area contributed by atoms with E-state index in [1.54, 1.807) is 18.6 Å². The van der Waals surface area contributed by atoms with E-state index >= 15 is 0 Å². The Morgan fingerprint density at radius 3 is 2.66 bits per heavy atom. The summed E-state index contributed by atoms with van der Waals surface area (Å²) in [6.07, 6.45) is 5.17. The molecule has 1 saturated heterocycles. The number of anilines is 2. The van der Waals surface area contributed by atoms with Crippen molar-refractivity contribution in [2.75, 3.05) is 43.4 Å². The molecule has 1 amide bonds. The lowest BCUT2D eigenvalue weighted by molar-refractivity contribution is -0.123. The van der Waals surface area contributed by atoms with Crippen LogP contribution in [0.25, 0.3) is 45.0 Å². The van der Waals surface area contributed by atoms with E-state index in [1.807, 2.05) is 45.0 Å². The Bertz CT molecular complexity index is 1640. The second kappa shape index (κ2) is 9.18. The number of aromatic nitrogens is 7. The van der Waals surface area contributed by atoms with Crippen LogP contribution in [0.15, 0.2) is 42.9 Å². The Morgan fingerprint density at radius 1 is 1.05 bits per heavy atom. The molecular formula is C27H30N10O. The number of hydrogen-bond donors (Lipinski definition) is 3. The minimum absolute atomic E-state index is 0.0774. The van der Waals surface area contributed by atoms with Crippen molar-refractivity contribution in [3.8, 4) is 22.8 Å². The van der Waals surface area contributed by atoms with Crippen molar-refractivity contribution in [3.05, 3.63) is 42.9 Å². The van der Waals surface area contributed by atoms with Gasteiger partial charge in [0.25, 0.3) is 0 Å². The van der Waals surface area contributed by atoms with Crippen LogP contribution >= 0.6 is 0 Å². The third-order valence-electron chi connectivity index (χ3n) is 6.82. The Morgan fingerprint density at radius 2 is 1.87 bits per heavy atom. The number of nitrogens with one attached hydrogen (secondary N) is 3. The Kier molecular flexibility index (Phi) is 5.79. The normalized spacial score (nSPS) is 14.9. The molecule has 6 heterocycles. The van der Waals surface area contributed by atoms with Crippen LogP contribution in [0, 0.1) is 5.41 Å². The van der Waals surface area contributed by atoms with Crippen molar-refractivity contribution in [2.45, 2.75) is 20.8 Å². The summed E-state index contributed by atoms with van der Waals surface area (Å²) < 4.78 is 0. The van der Waals surface area contributed by atoms with Gasteiger partial charge in [-0.3, -0.25) is 14.9 Å². The number of fused-ring (bicyclic) bond motifs is 2. The van der Waals surface area contributed by atoms with Crippen molar-refractivity contribution in [2.24, 2.45) is 5.41 Å². The standard InChI is InChI=1S/C27H30N10O/c1-27(2,3)26(38)30-17-13-16(14-28-15-17)18-5-6-19-21(31-18)23(35-34-19)25-32-22-20(7-8-29-24(22)33-25)37-11-9-36(4)10-12-37/h5-8,13-15H,9-12H2,1-4H3,(H,30,38)(H,34,35)(H,29,32,33). The van der Waals surface area contributed by atoms with Crippen molar-refractivity contribution in [1.29, 1.82) is 0 Å². The number of amides is 1. The van der Waals surface area contributed by atoms with Crippen LogP contribution in [0.3, 0.4) is 0 Å². The molecule has 0 spiro atoms. The molecule has 0 saturated carbocycles. The molecule has 11 nitrogen and oxygen atoms in total. The number of carbonyl (C=O) groups is 1. The zero-order valence-corrected chi connectivity index (χ0v) is 21.9. The highest BCUT2D eigenvalue weighted by atomic mass is 16.2. The lowest BCUT2D eigenvalue weighted by atomic mass is 9.95. The first-order chi connectivity index (χ1) is 18.3. The van der Waals surface area contributed by atoms with Crippen LogP contribution in [0.1, 0.15) is 20.8 Å². The first-order valence-electron chi connectivity index (χ1n) is 12.7. The summed E-state index contributed by atoms with van der Waals surface area (Å²) in [6.45, 7) is 9.54. The van der Waals surface area contributed by atoms with E-state index in [0.29, 0.717) is 34.1 Å². The molecular weight excluding hydrogens is 480 g/mol. The highest BCUT2D eigenvalue weighted by Gasteiger charge is 2.22. The van der Waals surface area contributed by atoms with Crippen LogP contribution in [-0.4, -0.2) is 79.2 Å². The zero-order chi connectivity index (χ0) is 26.4. The Hall–Kier alpha value is -4.38. The molecule has 0 unspecified atom stereocenters. The maximum absolute atomic E-state index is 12.4. The number of likely N-dealkylation sites (N-methyl/N-ethyl adjacent to an activating group) is 1. The molecule has 11 heteroatoms. The first kappa shape index (κ1) is 24.0. The molecule has 194 valence electrons. The van der Waals surface area contributed by atoms with Crippen molar-refractivity contribution < 1.29 is 4.79 Å².